The molecule has 1 spiro atoms. The van der Waals surface area contributed by atoms with E-state index in [0.717, 1.165) is 32.1 Å². The number of rotatable bonds is 7. The maximum Gasteiger partial charge on any atom is 0.522 e. The van der Waals surface area contributed by atoms with Gasteiger partial charge in [0.05, 0.1) is 6.04 Å². The third-order valence-electron chi connectivity index (χ3n) is 6.07. The third-order valence-corrected chi connectivity index (χ3v) is 6.07. The van der Waals surface area contributed by atoms with E-state index in [4.69, 9.17) is 0 Å². The predicted molar refractivity (Wildman–Crippen MR) is 84.9 cm³/mol. The molecule has 3 atom stereocenters. The Bertz CT molecular complexity index is 585. The molecule has 5 nitrogen and oxygen atoms in total. The average molecular weight is 375 g/mol. The van der Waals surface area contributed by atoms with Crippen LogP contribution in [0.1, 0.15) is 57.8 Å². The first-order chi connectivity index (χ1) is 12.2. The summed E-state index contributed by atoms with van der Waals surface area (Å²) in [6.45, 7) is -1.15. The minimum Gasteiger partial charge on any atom is -0.346 e. The molecule has 0 radical (unpaired) electrons. The van der Waals surface area contributed by atoms with Crippen LogP contribution in [0.3, 0.4) is 0 Å². The van der Waals surface area contributed by atoms with E-state index in [1.807, 2.05) is 0 Å². The zero-order valence-electron chi connectivity index (χ0n) is 14.6. The van der Waals surface area contributed by atoms with Crippen molar-refractivity contribution in [1.29, 1.82) is 0 Å². The molecule has 1 N–H and O–H groups in total. The highest BCUT2D eigenvalue weighted by atomic mass is 19.4. The lowest BCUT2D eigenvalue weighted by Crippen LogP contribution is -2.46. The Kier molecular flexibility index (Phi) is 5.42. The van der Waals surface area contributed by atoms with Gasteiger partial charge in [-0.1, -0.05) is 0 Å². The molecule has 0 aliphatic heterocycles. The average Bonchev–Trinajstić information content (AvgIpc) is 2.98. The number of carbonyl (C=O) groups is 3. The van der Waals surface area contributed by atoms with Crippen molar-refractivity contribution in [3.05, 3.63) is 0 Å². The predicted octanol–water partition coefficient (Wildman–Crippen LogP) is 2.92. The van der Waals surface area contributed by atoms with E-state index in [0.29, 0.717) is 19.3 Å². The van der Waals surface area contributed by atoms with Crippen LogP contribution in [0.4, 0.5) is 13.2 Å². The monoisotopic (exact) mass is 375 g/mol. The fraction of sp³-hybridized carbons (Fsp3) is 0.833. The van der Waals surface area contributed by atoms with E-state index >= 15 is 0 Å². The van der Waals surface area contributed by atoms with Gasteiger partial charge in [-0.2, -0.15) is 0 Å². The summed E-state index contributed by atoms with van der Waals surface area (Å²) in [4.78, 5) is 36.6. The fourth-order valence-electron chi connectivity index (χ4n) is 4.30. The molecule has 0 heterocycles. The van der Waals surface area contributed by atoms with Crippen molar-refractivity contribution in [3.8, 4) is 0 Å². The molecule has 26 heavy (non-hydrogen) atoms. The fourth-order valence-corrected chi connectivity index (χ4v) is 4.30. The van der Waals surface area contributed by atoms with Gasteiger partial charge < -0.3 is 5.32 Å². The summed E-state index contributed by atoms with van der Waals surface area (Å²) in [6, 6.07) is -1.10. The van der Waals surface area contributed by atoms with E-state index in [1.54, 1.807) is 0 Å². The van der Waals surface area contributed by atoms with Gasteiger partial charge in [-0.25, -0.2) is 0 Å². The molecule has 0 aromatic rings. The number of nitrogens with one attached hydrogen (secondary N) is 1. The lowest BCUT2D eigenvalue weighted by atomic mass is 9.94. The van der Waals surface area contributed by atoms with Crippen LogP contribution < -0.4 is 5.32 Å². The maximum atomic E-state index is 12.5. The summed E-state index contributed by atoms with van der Waals surface area (Å²) in [7, 11) is 0. The van der Waals surface area contributed by atoms with Crippen molar-refractivity contribution in [1.82, 2.24) is 5.32 Å². The van der Waals surface area contributed by atoms with Gasteiger partial charge >= 0.3 is 6.36 Å². The number of halogens is 3. The van der Waals surface area contributed by atoms with Crippen molar-refractivity contribution in [2.24, 2.45) is 17.3 Å². The van der Waals surface area contributed by atoms with Gasteiger partial charge in [0.2, 0.25) is 5.91 Å². The summed E-state index contributed by atoms with van der Waals surface area (Å²) in [5.41, 5.74) is 0.280. The summed E-state index contributed by atoms with van der Waals surface area (Å²) in [5.74, 6) is -1.70. The lowest BCUT2D eigenvalue weighted by Gasteiger charge is -2.22. The normalized spacial score (nSPS) is 28.3. The highest BCUT2D eigenvalue weighted by Gasteiger charge is 2.50. The van der Waals surface area contributed by atoms with Crippen molar-refractivity contribution in [3.63, 3.8) is 0 Å². The molecule has 0 saturated heterocycles. The number of ketones is 2. The Morgan fingerprint density at radius 2 is 1.96 bits per heavy atom. The van der Waals surface area contributed by atoms with Crippen molar-refractivity contribution in [2.45, 2.75) is 70.2 Å². The second-order valence-corrected chi connectivity index (χ2v) is 7.99. The van der Waals surface area contributed by atoms with Crippen LogP contribution >= 0.6 is 0 Å². The number of carbonyl (C=O) groups excluding carboxylic acids is 3. The molecular formula is C18H24F3NO4. The van der Waals surface area contributed by atoms with Crippen LogP contribution in [0.15, 0.2) is 0 Å². The summed E-state index contributed by atoms with van der Waals surface area (Å²) in [6.07, 6.45) is 1.64. The topological polar surface area (TPSA) is 72.5 Å². The van der Waals surface area contributed by atoms with Gasteiger partial charge in [-0.3, -0.25) is 19.1 Å². The highest BCUT2D eigenvalue weighted by Crippen LogP contribution is 2.59. The molecule has 2 unspecified atom stereocenters. The number of hydrogen-bond acceptors (Lipinski definition) is 4. The minimum atomic E-state index is -4.91. The van der Waals surface area contributed by atoms with E-state index in [1.165, 1.54) is 0 Å². The number of alkyl halides is 3. The molecule has 3 aliphatic rings. The maximum absolute atomic E-state index is 12.5. The first-order valence-corrected chi connectivity index (χ1v) is 9.24. The first kappa shape index (κ1) is 19.3. The Morgan fingerprint density at radius 1 is 1.23 bits per heavy atom. The van der Waals surface area contributed by atoms with E-state index < -0.39 is 24.8 Å². The van der Waals surface area contributed by atoms with Crippen LogP contribution in [0.5, 0.6) is 0 Å². The van der Waals surface area contributed by atoms with Crippen molar-refractivity contribution < 1.29 is 32.3 Å². The Morgan fingerprint density at radius 3 is 2.50 bits per heavy atom. The summed E-state index contributed by atoms with van der Waals surface area (Å²) < 4.78 is 40.3. The Balaban J connectivity index is 1.60. The van der Waals surface area contributed by atoms with Gasteiger partial charge in [0.25, 0.3) is 0 Å². The molecule has 8 heteroatoms. The van der Waals surface area contributed by atoms with Crippen LogP contribution in [-0.2, 0) is 19.1 Å². The molecule has 3 rings (SSSR count). The molecule has 0 aromatic heterocycles. The van der Waals surface area contributed by atoms with Crippen LogP contribution in [0.25, 0.3) is 0 Å². The SMILES string of the molecule is O=C(NC(C[C@@H]1CCCC1=O)C(=O)COC(F)(F)F)C1CCC2(CC2)C1. The molecule has 3 fully saturated rings. The Hall–Kier alpha value is -1.44. The van der Waals surface area contributed by atoms with Gasteiger partial charge in [0, 0.05) is 18.3 Å². The van der Waals surface area contributed by atoms with Gasteiger partial charge in [-0.15, -0.1) is 13.2 Å². The second-order valence-electron chi connectivity index (χ2n) is 7.99. The summed E-state index contributed by atoms with van der Waals surface area (Å²) >= 11 is 0. The molecule has 0 bridgehead atoms. The Labute approximate surface area is 150 Å². The van der Waals surface area contributed by atoms with Crippen LogP contribution in [-0.4, -0.2) is 36.5 Å². The number of Topliss-reactive ketones (excluding diaryl/α,β-unsaturated/α-hetero) is 2. The lowest BCUT2D eigenvalue weighted by molar-refractivity contribution is -0.321. The van der Waals surface area contributed by atoms with Gasteiger partial charge in [-0.05, 0) is 56.8 Å². The molecule has 3 saturated carbocycles. The van der Waals surface area contributed by atoms with Crippen LogP contribution in [0, 0.1) is 17.3 Å². The largest absolute Gasteiger partial charge is 0.522 e. The smallest absolute Gasteiger partial charge is 0.346 e. The van der Waals surface area contributed by atoms with Crippen molar-refractivity contribution >= 4 is 17.5 Å². The highest BCUT2D eigenvalue weighted by molar-refractivity contribution is 5.91. The van der Waals surface area contributed by atoms with E-state index in [-0.39, 0.29) is 35.4 Å². The zero-order valence-corrected chi connectivity index (χ0v) is 14.6. The molecule has 146 valence electrons. The number of ether oxygens (including phenoxy) is 1. The molecular weight excluding hydrogens is 351 g/mol. The summed E-state index contributed by atoms with van der Waals surface area (Å²) in [5, 5.41) is 2.62. The van der Waals surface area contributed by atoms with Gasteiger partial charge in [0.1, 0.15) is 12.4 Å². The second kappa shape index (κ2) is 7.29. The standard InChI is InChI=1S/C18H24F3NO4/c19-18(20,21)26-10-15(24)13(8-11-2-1-3-14(11)23)22-16(25)12-4-5-17(9-12)6-7-17/h11-13H,1-10H2,(H,22,25)/t11-,12?,13?/m0/s1. The molecule has 1 amide bonds. The number of amides is 1. The third kappa shape index (κ3) is 4.84. The van der Waals surface area contributed by atoms with E-state index in [9.17, 15) is 27.6 Å². The zero-order chi connectivity index (χ0) is 18.9. The van der Waals surface area contributed by atoms with Crippen LogP contribution in [0.2, 0.25) is 0 Å². The molecule has 3 aliphatic carbocycles. The van der Waals surface area contributed by atoms with E-state index in [2.05, 4.69) is 10.1 Å². The molecule has 0 aromatic carbocycles. The minimum absolute atomic E-state index is 0.00610. The van der Waals surface area contributed by atoms with Crippen molar-refractivity contribution in [2.75, 3.05) is 6.61 Å². The van der Waals surface area contributed by atoms with Gasteiger partial charge in [0.15, 0.2) is 5.78 Å². The number of hydrogen-bond donors (Lipinski definition) is 1. The quantitative estimate of drug-likeness (QED) is 0.743. The first-order valence-electron chi connectivity index (χ1n) is 9.24.